The van der Waals surface area contributed by atoms with E-state index in [2.05, 4.69) is 37.7 Å². The lowest BCUT2D eigenvalue weighted by atomic mass is 9.88. The minimum atomic E-state index is 0.105. The lowest BCUT2D eigenvalue weighted by Gasteiger charge is -2.20. The first kappa shape index (κ1) is 20.7. The van der Waals surface area contributed by atoms with Gasteiger partial charge in [0.1, 0.15) is 17.2 Å². The van der Waals surface area contributed by atoms with Crippen LogP contribution in [0.1, 0.15) is 50.7 Å². The molecule has 6 heteroatoms. The molecule has 160 valence electrons. The molecule has 2 heterocycles. The predicted molar refractivity (Wildman–Crippen MR) is 122 cm³/mol. The molecule has 2 N–H and O–H groups in total. The zero-order chi connectivity index (χ0) is 22.3. The monoisotopic (exact) mass is 417 g/mol. The molecule has 2 aromatic heterocycles. The fourth-order valence-electron chi connectivity index (χ4n) is 3.92. The highest BCUT2D eigenvalue weighted by atomic mass is 16.5. The molecule has 0 unspecified atom stereocenters. The van der Waals surface area contributed by atoms with Gasteiger partial charge in [0.2, 0.25) is 5.78 Å². The van der Waals surface area contributed by atoms with E-state index >= 15 is 0 Å². The van der Waals surface area contributed by atoms with E-state index in [4.69, 9.17) is 4.74 Å². The third-order valence-electron chi connectivity index (χ3n) is 5.61. The van der Waals surface area contributed by atoms with E-state index in [0.29, 0.717) is 22.8 Å². The molecular weight excluding hydrogens is 390 g/mol. The van der Waals surface area contributed by atoms with Crippen LogP contribution in [0.5, 0.6) is 17.2 Å². The molecule has 0 aliphatic heterocycles. The topological polar surface area (TPSA) is 79.9 Å². The summed E-state index contributed by atoms with van der Waals surface area (Å²) in [5.41, 5.74) is 4.96. The molecule has 0 fully saturated rings. The van der Waals surface area contributed by atoms with Crippen molar-refractivity contribution in [3.63, 3.8) is 0 Å². The first-order chi connectivity index (χ1) is 14.8. The van der Waals surface area contributed by atoms with Gasteiger partial charge in [-0.25, -0.2) is 9.97 Å². The second-order valence-electron chi connectivity index (χ2n) is 8.31. The SMILES string of the molecule is COc1ccc(-c2c(-c3cc(C(C)C)c(O)c(C(C)C)c3)cnc3nccn23)c(O)c1. The summed E-state index contributed by atoms with van der Waals surface area (Å²) in [5, 5.41) is 21.6. The Morgan fingerprint density at radius 1 is 0.903 bits per heavy atom. The summed E-state index contributed by atoms with van der Waals surface area (Å²) in [5.74, 6) is 1.88. The van der Waals surface area contributed by atoms with E-state index in [1.165, 1.54) is 0 Å². The van der Waals surface area contributed by atoms with Crippen molar-refractivity contribution in [1.82, 2.24) is 14.4 Å². The third kappa shape index (κ3) is 3.58. The van der Waals surface area contributed by atoms with E-state index in [1.54, 1.807) is 25.6 Å². The van der Waals surface area contributed by atoms with E-state index in [1.807, 2.05) is 34.9 Å². The molecule has 0 spiro atoms. The number of phenols is 2. The number of hydrogen-bond acceptors (Lipinski definition) is 5. The van der Waals surface area contributed by atoms with Crippen molar-refractivity contribution in [1.29, 1.82) is 0 Å². The maximum absolute atomic E-state index is 10.8. The number of aromatic hydroxyl groups is 2. The summed E-state index contributed by atoms with van der Waals surface area (Å²) in [4.78, 5) is 8.84. The number of imidazole rings is 1. The Bertz CT molecular complexity index is 1230. The number of nitrogens with zero attached hydrogens (tertiary/aromatic N) is 3. The molecule has 0 saturated carbocycles. The number of hydrogen-bond donors (Lipinski definition) is 2. The fraction of sp³-hybridized carbons (Fsp3) is 0.280. The lowest BCUT2D eigenvalue weighted by Crippen LogP contribution is -2.01. The smallest absolute Gasteiger partial charge is 0.234 e. The van der Waals surface area contributed by atoms with Crippen LogP contribution in [-0.2, 0) is 0 Å². The quantitative estimate of drug-likeness (QED) is 0.433. The highest BCUT2D eigenvalue weighted by molar-refractivity contribution is 5.85. The van der Waals surface area contributed by atoms with Crippen LogP contribution < -0.4 is 4.74 Å². The fourth-order valence-corrected chi connectivity index (χ4v) is 3.92. The zero-order valence-corrected chi connectivity index (χ0v) is 18.4. The molecule has 0 radical (unpaired) electrons. The molecule has 6 nitrogen and oxygen atoms in total. The number of methoxy groups -OCH3 is 1. The maximum Gasteiger partial charge on any atom is 0.234 e. The Morgan fingerprint density at radius 2 is 1.58 bits per heavy atom. The Kier molecular flexibility index (Phi) is 5.31. The third-order valence-corrected chi connectivity index (χ3v) is 5.61. The van der Waals surface area contributed by atoms with Crippen LogP contribution in [0, 0.1) is 0 Å². The van der Waals surface area contributed by atoms with Crippen LogP contribution in [0.25, 0.3) is 28.2 Å². The number of fused-ring (bicyclic) bond motifs is 1. The molecule has 4 aromatic rings. The number of rotatable bonds is 5. The second-order valence-corrected chi connectivity index (χ2v) is 8.31. The van der Waals surface area contributed by atoms with Crippen molar-refractivity contribution < 1.29 is 14.9 Å². The van der Waals surface area contributed by atoms with Crippen LogP contribution in [0.2, 0.25) is 0 Å². The first-order valence-corrected chi connectivity index (χ1v) is 10.4. The molecular formula is C25H27N3O3. The average Bonchev–Trinajstić information content (AvgIpc) is 3.22. The number of phenolic OH excluding ortho intramolecular Hbond substituents is 2. The van der Waals surface area contributed by atoms with Crippen molar-refractivity contribution >= 4 is 5.78 Å². The molecule has 2 aromatic carbocycles. The predicted octanol–water partition coefficient (Wildman–Crippen LogP) is 5.73. The van der Waals surface area contributed by atoms with Crippen LogP contribution in [-0.4, -0.2) is 31.7 Å². The van der Waals surface area contributed by atoms with Gasteiger partial charge < -0.3 is 14.9 Å². The molecule has 0 amide bonds. The van der Waals surface area contributed by atoms with E-state index < -0.39 is 0 Å². The van der Waals surface area contributed by atoms with Gasteiger partial charge in [-0.1, -0.05) is 27.7 Å². The molecule has 31 heavy (non-hydrogen) atoms. The highest BCUT2D eigenvalue weighted by Gasteiger charge is 2.21. The second kappa shape index (κ2) is 7.95. The van der Waals surface area contributed by atoms with Gasteiger partial charge in [0.25, 0.3) is 0 Å². The van der Waals surface area contributed by atoms with Crippen molar-refractivity contribution in [2.75, 3.05) is 7.11 Å². The van der Waals surface area contributed by atoms with Gasteiger partial charge in [-0.05, 0) is 52.8 Å². The maximum atomic E-state index is 10.8. The van der Waals surface area contributed by atoms with Gasteiger partial charge in [-0.3, -0.25) is 4.40 Å². The zero-order valence-electron chi connectivity index (χ0n) is 18.4. The lowest BCUT2D eigenvalue weighted by molar-refractivity contribution is 0.408. The van der Waals surface area contributed by atoms with Crippen LogP contribution in [0.3, 0.4) is 0 Å². The van der Waals surface area contributed by atoms with Gasteiger partial charge in [-0.15, -0.1) is 0 Å². The van der Waals surface area contributed by atoms with E-state index in [0.717, 1.165) is 27.9 Å². The molecule has 4 rings (SSSR count). The number of benzene rings is 2. The van der Waals surface area contributed by atoms with Gasteiger partial charge in [0, 0.05) is 35.8 Å². The Balaban J connectivity index is 2.05. The minimum Gasteiger partial charge on any atom is -0.507 e. The standard InChI is InChI=1S/C25H27N3O3/c1-14(2)19-10-16(11-20(15(3)4)24(19)30)21-13-27-25-26-8-9-28(25)23(21)18-7-6-17(31-5)12-22(18)29/h6-15,29-30H,1-5H3. The Labute approximate surface area is 181 Å². The largest absolute Gasteiger partial charge is 0.507 e. The minimum absolute atomic E-state index is 0.105. The Morgan fingerprint density at radius 3 is 2.16 bits per heavy atom. The molecule has 0 bridgehead atoms. The van der Waals surface area contributed by atoms with Gasteiger partial charge in [-0.2, -0.15) is 0 Å². The van der Waals surface area contributed by atoms with E-state index in [9.17, 15) is 10.2 Å². The van der Waals surface area contributed by atoms with Crippen molar-refractivity contribution in [2.45, 2.75) is 39.5 Å². The summed E-state index contributed by atoms with van der Waals surface area (Å²) in [6.45, 7) is 8.26. The van der Waals surface area contributed by atoms with Gasteiger partial charge >= 0.3 is 0 Å². The van der Waals surface area contributed by atoms with Crippen LogP contribution in [0.15, 0.2) is 48.9 Å². The highest BCUT2D eigenvalue weighted by Crippen LogP contribution is 2.42. The summed E-state index contributed by atoms with van der Waals surface area (Å²) in [6.07, 6.45) is 5.30. The van der Waals surface area contributed by atoms with Crippen LogP contribution in [0.4, 0.5) is 0 Å². The van der Waals surface area contributed by atoms with Gasteiger partial charge in [0.05, 0.1) is 12.8 Å². The summed E-state index contributed by atoms with van der Waals surface area (Å²) in [6, 6.07) is 9.27. The first-order valence-electron chi connectivity index (χ1n) is 10.4. The van der Waals surface area contributed by atoms with Crippen LogP contribution >= 0.6 is 0 Å². The Hall–Kier alpha value is -3.54. The van der Waals surface area contributed by atoms with Gasteiger partial charge in [0.15, 0.2) is 0 Å². The summed E-state index contributed by atoms with van der Waals surface area (Å²) < 4.78 is 7.12. The number of aromatic nitrogens is 3. The molecule has 0 aliphatic rings. The van der Waals surface area contributed by atoms with Crippen molar-refractivity contribution in [3.05, 3.63) is 60.0 Å². The molecule has 0 atom stereocenters. The normalized spacial score (nSPS) is 11.6. The number of ether oxygens (including phenoxy) is 1. The summed E-state index contributed by atoms with van der Waals surface area (Å²) in [7, 11) is 1.57. The molecule has 0 aliphatic carbocycles. The average molecular weight is 418 g/mol. The molecule has 0 saturated heterocycles. The van der Waals surface area contributed by atoms with E-state index in [-0.39, 0.29) is 17.6 Å². The van der Waals surface area contributed by atoms with Crippen molar-refractivity contribution in [3.8, 4) is 39.6 Å². The van der Waals surface area contributed by atoms with Crippen molar-refractivity contribution in [2.24, 2.45) is 0 Å². The summed E-state index contributed by atoms with van der Waals surface area (Å²) >= 11 is 0.